The van der Waals surface area contributed by atoms with E-state index in [1.807, 2.05) is 4.90 Å². The predicted molar refractivity (Wildman–Crippen MR) is 162 cm³/mol. The lowest BCUT2D eigenvalue weighted by atomic mass is 10.1. The van der Waals surface area contributed by atoms with Crippen LogP contribution in [0, 0.1) is 0 Å². The Morgan fingerprint density at radius 2 is 0.811 bits per heavy atom. The molecule has 0 saturated heterocycles. The highest BCUT2D eigenvalue weighted by Gasteiger charge is 2.21. The number of hydrogen-bond donors (Lipinski definition) is 3. The average molecular weight is 526 g/mol. The van der Waals surface area contributed by atoms with E-state index in [1.165, 1.54) is 141 Å². The molecule has 0 aromatic rings. The van der Waals surface area contributed by atoms with Crippen LogP contribution in [0.1, 0.15) is 169 Å². The maximum atomic E-state index is 11.5. The summed E-state index contributed by atoms with van der Waals surface area (Å²) >= 11 is 0. The van der Waals surface area contributed by atoms with Crippen molar-refractivity contribution < 1.29 is 9.90 Å². The minimum absolute atomic E-state index is 0.0547. The highest BCUT2D eigenvalue weighted by molar-refractivity contribution is 5.69. The van der Waals surface area contributed by atoms with E-state index in [2.05, 4.69) is 38.3 Å². The zero-order valence-electron chi connectivity index (χ0n) is 25.6. The number of nitrogens with one attached hydrogen (secondary N) is 2. The van der Waals surface area contributed by atoms with Crippen molar-refractivity contribution in [1.29, 1.82) is 0 Å². The second kappa shape index (κ2) is 28.4. The number of hydrogen-bond acceptors (Lipinski definition) is 4. The van der Waals surface area contributed by atoms with Crippen molar-refractivity contribution in [2.24, 2.45) is 0 Å². The summed E-state index contributed by atoms with van der Waals surface area (Å²) < 4.78 is 0. The van der Waals surface area contributed by atoms with Crippen LogP contribution >= 0.6 is 0 Å². The SMILES string of the molecule is CCCCCCCCCCCCCNC(C)N(CC(=O)O)C(C)NCCCCCCCCCCCCC. The number of carbonyl (C=O) groups is 1. The molecule has 0 aromatic heterocycles. The molecule has 2 unspecified atom stereocenters. The largest absolute Gasteiger partial charge is 0.480 e. The molecule has 222 valence electrons. The summed E-state index contributed by atoms with van der Waals surface area (Å²) in [5, 5.41) is 16.6. The fraction of sp³-hybridized carbons (Fsp3) is 0.969. The van der Waals surface area contributed by atoms with Gasteiger partial charge in [0.15, 0.2) is 0 Å². The van der Waals surface area contributed by atoms with Gasteiger partial charge in [0.2, 0.25) is 0 Å². The van der Waals surface area contributed by atoms with Crippen LogP contribution in [0.4, 0.5) is 0 Å². The lowest BCUT2D eigenvalue weighted by Crippen LogP contribution is -2.55. The zero-order chi connectivity index (χ0) is 27.4. The highest BCUT2D eigenvalue weighted by atomic mass is 16.4. The summed E-state index contributed by atoms with van der Waals surface area (Å²) in [6, 6.07) is 0. The van der Waals surface area contributed by atoms with Crippen molar-refractivity contribution in [3.05, 3.63) is 0 Å². The molecule has 0 aliphatic rings. The topological polar surface area (TPSA) is 64.6 Å². The van der Waals surface area contributed by atoms with E-state index >= 15 is 0 Å². The van der Waals surface area contributed by atoms with E-state index in [-0.39, 0.29) is 18.9 Å². The third-order valence-electron chi connectivity index (χ3n) is 7.75. The molecule has 0 saturated carbocycles. The monoisotopic (exact) mass is 526 g/mol. The Labute approximate surface area is 232 Å². The van der Waals surface area contributed by atoms with Crippen molar-refractivity contribution in [2.75, 3.05) is 19.6 Å². The van der Waals surface area contributed by atoms with Crippen molar-refractivity contribution in [3.8, 4) is 0 Å². The lowest BCUT2D eigenvalue weighted by Gasteiger charge is -2.34. The predicted octanol–water partition coefficient (Wildman–Crippen LogP) is 8.87. The number of carboxylic acids is 1. The summed E-state index contributed by atoms with van der Waals surface area (Å²) in [4.78, 5) is 13.5. The third kappa shape index (κ3) is 25.4. The molecule has 5 heteroatoms. The summed E-state index contributed by atoms with van der Waals surface area (Å²) in [6.45, 7) is 10.7. The van der Waals surface area contributed by atoms with E-state index in [9.17, 15) is 9.90 Å². The van der Waals surface area contributed by atoms with Gasteiger partial charge in [0, 0.05) is 0 Å². The quantitative estimate of drug-likeness (QED) is 0.0645. The molecule has 0 aromatic carbocycles. The summed E-state index contributed by atoms with van der Waals surface area (Å²) in [6.07, 6.45) is 29.8. The number of aliphatic carboxylic acids is 1. The van der Waals surface area contributed by atoms with Gasteiger partial charge in [-0.15, -0.1) is 0 Å². The van der Waals surface area contributed by atoms with Gasteiger partial charge in [-0.05, 0) is 39.8 Å². The Hall–Kier alpha value is -0.650. The maximum absolute atomic E-state index is 11.5. The minimum Gasteiger partial charge on any atom is -0.480 e. The Bertz CT molecular complexity index is 441. The van der Waals surface area contributed by atoms with Gasteiger partial charge in [-0.3, -0.25) is 9.69 Å². The molecule has 0 bridgehead atoms. The number of unbranched alkanes of at least 4 members (excludes halogenated alkanes) is 20. The van der Waals surface area contributed by atoms with Crippen LogP contribution in [0.5, 0.6) is 0 Å². The highest BCUT2D eigenvalue weighted by Crippen LogP contribution is 2.12. The van der Waals surface area contributed by atoms with E-state index in [0.717, 1.165) is 13.1 Å². The number of carboxylic acid groups (broad SMARTS) is 1. The van der Waals surface area contributed by atoms with Gasteiger partial charge in [0.25, 0.3) is 0 Å². The molecule has 0 radical (unpaired) electrons. The molecular formula is C32H67N3O2. The van der Waals surface area contributed by atoms with Crippen molar-refractivity contribution in [1.82, 2.24) is 15.5 Å². The molecule has 2 atom stereocenters. The molecule has 0 amide bonds. The fourth-order valence-electron chi connectivity index (χ4n) is 5.20. The lowest BCUT2D eigenvalue weighted by molar-refractivity contribution is -0.140. The summed E-state index contributed by atoms with van der Waals surface area (Å²) in [7, 11) is 0. The van der Waals surface area contributed by atoms with Crippen molar-refractivity contribution in [2.45, 2.75) is 181 Å². The van der Waals surface area contributed by atoms with E-state index in [1.54, 1.807) is 0 Å². The van der Waals surface area contributed by atoms with Gasteiger partial charge in [-0.1, -0.05) is 142 Å². The minimum atomic E-state index is -0.758. The Morgan fingerprint density at radius 1 is 0.541 bits per heavy atom. The average Bonchev–Trinajstić information content (AvgIpc) is 2.88. The first-order chi connectivity index (χ1) is 18.0. The zero-order valence-corrected chi connectivity index (χ0v) is 25.6. The van der Waals surface area contributed by atoms with E-state index in [0.29, 0.717) is 0 Å². The third-order valence-corrected chi connectivity index (χ3v) is 7.75. The normalized spacial score (nSPS) is 13.3. The summed E-state index contributed by atoms with van der Waals surface area (Å²) in [5.41, 5.74) is 0. The first-order valence-electron chi connectivity index (χ1n) is 16.5. The maximum Gasteiger partial charge on any atom is 0.317 e. The number of rotatable bonds is 30. The molecule has 0 rings (SSSR count). The van der Waals surface area contributed by atoms with Crippen LogP contribution in [0.2, 0.25) is 0 Å². The van der Waals surface area contributed by atoms with Gasteiger partial charge in [-0.25, -0.2) is 0 Å². The van der Waals surface area contributed by atoms with Crippen molar-refractivity contribution >= 4 is 5.97 Å². The Balaban J connectivity index is 3.83. The first kappa shape index (κ1) is 36.4. The molecule has 37 heavy (non-hydrogen) atoms. The van der Waals surface area contributed by atoms with E-state index < -0.39 is 5.97 Å². The van der Waals surface area contributed by atoms with Gasteiger partial charge in [0.1, 0.15) is 0 Å². The van der Waals surface area contributed by atoms with Crippen LogP contribution in [0.15, 0.2) is 0 Å². The molecular weight excluding hydrogens is 458 g/mol. The number of nitrogens with zero attached hydrogens (tertiary/aromatic N) is 1. The van der Waals surface area contributed by atoms with Crippen LogP contribution < -0.4 is 10.6 Å². The second-order valence-corrected chi connectivity index (χ2v) is 11.4. The second-order valence-electron chi connectivity index (χ2n) is 11.4. The van der Waals surface area contributed by atoms with Crippen molar-refractivity contribution in [3.63, 3.8) is 0 Å². The van der Waals surface area contributed by atoms with Gasteiger partial charge in [-0.2, -0.15) is 0 Å². The van der Waals surface area contributed by atoms with Crippen LogP contribution in [-0.4, -0.2) is 47.9 Å². The molecule has 5 nitrogen and oxygen atoms in total. The van der Waals surface area contributed by atoms with Crippen LogP contribution in [-0.2, 0) is 4.79 Å². The fourth-order valence-corrected chi connectivity index (χ4v) is 5.20. The smallest absolute Gasteiger partial charge is 0.317 e. The van der Waals surface area contributed by atoms with Crippen LogP contribution in [0.3, 0.4) is 0 Å². The standard InChI is InChI=1S/C32H67N3O2/c1-5-7-9-11-13-15-17-19-21-23-25-27-33-30(3)35(29-32(36)37)31(4)34-28-26-24-22-20-18-16-14-12-10-8-6-2/h30-31,33-34H,5-29H2,1-4H3,(H,36,37). The van der Waals surface area contributed by atoms with Crippen LogP contribution in [0.25, 0.3) is 0 Å². The molecule has 0 aliphatic carbocycles. The Kier molecular flexibility index (Phi) is 27.9. The molecule has 0 fully saturated rings. The molecule has 0 heterocycles. The first-order valence-corrected chi connectivity index (χ1v) is 16.5. The van der Waals surface area contributed by atoms with E-state index in [4.69, 9.17) is 0 Å². The summed E-state index contributed by atoms with van der Waals surface area (Å²) in [5.74, 6) is -0.758. The Morgan fingerprint density at radius 3 is 1.08 bits per heavy atom. The molecule has 0 spiro atoms. The molecule has 0 aliphatic heterocycles. The van der Waals surface area contributed by atoms with Gasteiger partial charge < -0.3 is 15.7 Å². The molecule has 3 N–H and O–H groups in total. The van der Waals surface area contributed by atoms with Gasteiger partial charge >= 0.3 is 5.97 Å². The van der Waals surface area contributed by atoms with Gasteiger partial charge in [0.05, 0.1) is 18.9 Å².